The van der Waals surface area contributed by atoms with E-state index < -0.39 is 0 Å². The summed E-state index contributed by atoms with van der Waals surface area (Å²) in [6, 6.07) is 0. The van der Waals surface area contributed by atoms with Crippen molar-refractivity contribution in [3.8, 4) is 0 Å². The highest BCUT2D eigenvalue weighted by molar-refractivity contribution is 5.39. The molecular formula is C14H22O2. The van der Waals surface area contributed by atoms with E-state index in [9.17, 15) is 0 Å². The Morgan fingerprint density at radius 3 is 2.56 bits per heavy atom. The first-order valence-electron chi connectivity index (χ1n) is 5.63. The van der Waals surface area contributed by atoms with Crippen LogP contribution < -0.4 is 0 Å². The molecule has 2 unspecified atom stereocenters. The predicted molar refractivity (Wildman–Crippen MR) is 67.2 cm³/mol. The summed E-state index contributed by atoms with van der Waals surface area (Å²) < 4.78 is 11.1. The van der Waals surface area contributed by atoms with E-state index in [4.69, 9.17) is 9.47 Å². The summed E-state index contributed by atoms with van der Waals surface area (Å²) in [5, 5.41) is 0. The van der Waals surface area contributed by atoms with Gasteiger partial charge in [-0.3, -0.25) is 0 Å². The van der Waals surface area contributed by atoms with Crippen molar-refractivity contribution in [3.63, 3.8) is 0 Å². The maximum absolute atomic E-state index is 5.85. The van der Waals surface area contributed by atoms with E-state index in [0.29, 0.717) is 0 Å². The molecule has 0 radical (unpaired) electrons. The average Bonchev–Trinajstić information content (AvgIpc) is 2.43. The van der Waals surface area contributed by atoms with Gasteiger partial charge in [-0.2, -0.15) is 0 Å². The molecule has 0 saturated carbocycles. The van der Waals surface area contributed by atoms with Crippen LogP contribution in [0, 0.1) is 0 Å². The van der Waals surface area contributed by atoms with Gasteiger partial charge in [-0.05, 0) is 39.2 Å². The van der Waals surface area contributed by atoms with Crippen LogP contribution in [-0.4, -0.2) is 19.0 Å². The molecule has 0 aromatic heterocycles. The monoisotopic (exact) mass is 222 g/mol. The molecule has 1 fully saturated rings. The minimum Gasteiger partial charge on any atom is -0.352 e. The Bertz CT molecular complexity index is 324. The number of methoxy groups -OCH3 is 1. The molecule has 0 aliphatic carbocycles. The van der Waals surface area contributed by atoms with E-state index in [-0.39, 0.29) is 11.9 Å². The molecule has 1 saturated heterocycles. The molecule has 1 rings (SSSR count). The molecule has 16 heavy (non-hydrogen) atoms. The Labute approximate surface area is 98.6 Å². The van der Waals surface area contributed by atoms with Crippen molar-refractivity contribution < 1.29 is 9.47 Å². The third-order valence-corrected chi connectivity index (χ3v) is 3.07. The van der Waals surface area contributed by atoms with Gasteiger partial charge in [0.05, 0.1) is 5.60 Å². The van der Waals surface area contributed by atoms with E-state index in [1.165, 1.54) is 5.57 Å². The van der Waals surface area contributed by atoms with Gasteiger partial charge < -0.3 is 9.47 Å². The molecule has 0 amide bonds. The summed E-state index contributed by atoms with van der Waals surface area (Å²) in [7, 11) is 1.63. The second-order valence-corrected chi connectivity index (χ2v) is 4.74. The number of rotatable bonds is 4. The lowest BCUT2D eigenvalue weighted by Crippen LogP contribution is -2.26. The lowest BCUT2D eigenvalue weighted by molar-refractivity contribution is -0.134. The van der Waals surface area contributed by atoms with Crippen molar-refractivity contribution >= 4 is 0 Å². The first-order valence-corrected chi connectivity index (χ1v) is 5.63. The number of hydrogen-bond acceptors (Lipinski definition) is 2. The molecule has 90 valence electrons. The Hall–Kier alpha value is -0.860. The zero-order chi connectivity index (χ0) is 12.3. The molecule has 0 aromatic carbocycles. The SMILES string of the molecule is C=C1C(=C)C(C)(CCC=C(C)C)OC1OC. The lowest BCUT2D eigenvalue weighted by atomic mass is 9.90. The highest BCUT2D eigenvalue weighted by Gasteiger charge is 2.41. The second kappa shape index (κ2) is 4.98. The van der Waals surface area contributed by atoms with Gasteiger partial charge in [0.15, 0.2) is 6.29 Å². The number of hydrogen-bond donors (Lipinski definition) is 0. The average molecular weight is 222 g/mol. The Morgan fingerprint density at radius 2 is 2.12 bits per heavy atom. The number of allylic oxidation sites excluding steroid dienone is 2. The van der Waals surface area contributed by atoms with Crippen LogP contribution in [0.3, 0.4) is 0 Å². The van der Waals surface area contributed by atoms with Crippen LogP contribution in [-0.2, 0) is 9.47 Å². The normalized spacial score (nSPS) is 29.6. The van der Waals surface area contributed by atoms with Crippen LogP contribution in [0.5, 0.6) is 0 Å². The largest absolute Gasteiger partial charge is 0.352 e. The summed E-state index contributed by atoms with van der Waals surface area (Å²) in [4.78, 5) is 0. The maximum atomic E-state index is 5.85. The van der Waals surface area contributed by atoms with E-state index in [1.807, 2.05) is 0 Å². The first kappa shape index (κ1) is 13.2. The van der Waals surface area contributed by atoms with E-state index in [0.717, 1.165) is 24.0 Å². The fourth-order valence-electron chi connectivity index (χ4n) is 1.90. The fraction of sp³-hybridized carbons (Fsp3) is 0.571. The summed E-state index contributed by atoms with van der Waals surface area (Å²) in [5.74, 6) is 0. The minimum atomic E-state index is -0.330. The van der Waals surface area contributed by atoms with Crippen molar-refractivity contribution in [2.24, 2.45) is 0 Å². The molecule has 1 aliphatic heterocycles. The summed E-state index contributed by atoms with van der Waals surface area (Å²) >= 11 is 0. The molecule has 0 spiro atoms. The summed E-state index contributed by atoms with van der Waals surface area (Å²) in [6.45, 7) is 14.3. The third kappa shape index (κ3) is 2.63. The van der Waals surface area contributed by atoms with Gasteiger partial charge in [0.1, 0.15) is 0 Å². The molecule has 2 atom stereocenters. The summed E-state index contributed by atoms with van der Waals surface area (Å²) in [5.41, 5.74) is 2.82. The van der Waals surface area contributed by atoms with Crippen LogP contribution in [0.15, 0.2) is 36.0 Å². The molecule has 0 bridgehead atoms. The Kier molecular flexibility index (Phi) is 4.11. The smallest absolute Gasteiger partial charge is 0.184 e. The molecular weight excluding hydrogens is 200 g/mol. The van der Waals surface area contributed by atoms with Crippen LogP contribution in [0.2, 0.25) is 0 Å². The molecule has 2 heteroatoms. The van der Waals surface area contributed by atoms with E-state index >= 15 is 0 Å². The molecule has 1 aliphatic rings. The zero-order valence-electron chi connectivity index (χ0n) is 10.8. The summed E-state index contributed by atoms with van der Waals surface area (Å²) in [6.07, 6.45) is 3.78. The van der Waals surface area contributed by atoms with Gasteiger partial charge in [-0.15, -0.1) is 0 Å². The van der Waals surface area contributed by atoms with Crippen molar-refractivity contribution in [2.75, 3.05) is 7.11 Å². The highest BCUT2D eigenvalue weighted by Crippen LogP contribution is 2.41. The van der Waals surface area contributed by atoms with Gasteiger partial charge in [0, 0.05) is 12.7 Å². The first-order chi connectivity index (χ1) is 7.40. The van der Waals surface area contributed by atoms with Gasteiger partial charge in [-0.25, -0.2) is 0 Å². The third-order valence-electron chi connectivity index (χ3n) is 3.07. The van der Waals surface area contributed by atoms with Crippen molar-refractivity contribution in [1.29, 1.82) is 0 Å². The van der Waals surface area contributed by atoms with Crippen molar-refractivity contribution in [1.82, 2.24) is 0 Å². The molecule has 1 heterocycles. The maximum Gasteiger partial charge on any atom is 0.184 e. The second-order valence-electron chi connectivity index (χ2n) is 4.74. The van der Waals surface area contributed by atoms with Crippen molar-refractivity contribution in [3.05, 3.63) is 36.0 Å². The van der Waals surface area contributed by atoms with Crippen molar-refractivity contribution in [2.45, 2.75) is 45.5 Å². The fourth-order valence-corrected chi connectivity index (χ4v) is 1.90. The van der Waals surface area contributed by atoms with Gasteiger partial charge in [0.25, 0.3) is 0 Å². The van der Waals surface area contributed by atoms with E-state index in [2.05, 4.69) is 40.0 Å². The van der Waals surface area contributed by atoms with Crippen LogP contribution >= 0.6 is 0 Å². The highest BCUT2D eigenvalue weighted by atomic mass is 16.7. The van der Waals surface area contributed by atoms with Crippen LogP contribution in [0.4, 0.5) is 0 Å². The Morgan fingerprint density at radius 1 is 1.50 bits per heavy atom. The quantitative estimate of drug-likeness (QED) is 0.676. The molecule has 0 aromatic rings. The topological polar surface area (TPSA) is 18.5 Å². The molecule has 0 N–H and O–H groups in total. The Balaban J connectivity index is 2.68. The zero-order valence-corrected chi connectivity index (χ0v) is 10.8. The van der Waals surface area contributed by atoms with Crippen LogP contribution in [0.1, 0.15) is 33.6 Å². The number of ether oxygens (including phenoxy) is 2. The predicted octanol–water partition coefficient (Wildman–Crippen LogP) is 3.61. The lowest BCUT2D eigenvalue weighted by Gasteiger charge is -2.24. The molecule has 2 nitrogen and oxygen atoms in total. The minimum absolute atomic E-state index is 0.329. The van der Waals surface area contributed by atoms with Gasteiger partial charge >= 0.3 is 0 Å². The van der Waals surface area contributed by atoms with Gasteiger partial charge in [0.2, 0.25) is 0 Å². The van der Waals surface area contributed by atoms with Crippen LogP contribution in [0.25, 0.3) is 0 Å². The standard InChI is InChI=1S/C14H22O2/c1-10(2)8-7-9-14(5)12(4)11(3)13(15-6)16-14/h8,13H,3-4,7,9H2,1-2,5-6H3. The van der Waals surface area contributed by atoms with E-state index in [1.54, 1.807) is 7.11 Å². The van der Waals surface area contributed by atoms with Gasteiger partial charge in [-0.1, -0.05) is 24.8 Å².